The first-order valence-corrected chi connectivity index (χ1v) is 7.79. The summed E-state index contributed by atoms with van der Waals surface area (Å²) in [6.45, 7) is 10.7. The number of aliphatic hydroxyl groups is 1. The van der Waals surface area contributed by atoms with Crippen molar-refractivity contribution in [1.29, 1.82) is 0 Å². The molecule has 1 heterocycles. The summed E-state index contributed by atoms with van der Waals surface area (Å²) < 4.78 is 18.9. The lowest BCUT2D eigenvalue weighted by Gasteiger charge is -2.38. The van der Waals surface area contributed by atoms with Crippen LogP contribution in [0.4, 0.5) is 9.18 Å². The second-order valence-corrected chi connectivity index (χ2v) is 6.99. The summed E-state index contributed by atoms with van der Waals surface area (Å²) in [5.41, 5.74) is -0.110. The van der Waals surface area contributed by atoms with Crippen LogP contribution in [0.15, 0.2) is 18.5 Å². The molecule has 1 amide bonds. The molecule has 0 fully saturated rings. The minimum atomic E-state index is -0.660. The maximum Gasteiger partial charge on any atom is 0.411 e. The summed E-state index contributed by atoms with van der Waals surface area (Å²) in [4.78, 5) is 17.9. The van der Waals surface area contributed by atoms with E-state index in [-0.39, 0.29) is 12.5 Å². The van der Waals surface area contributed by atoms with Gasteiger partial charge >= 0.3 is 6.09 Å². The molecule has 1 unspecified atom stereocenters. The first kappa shape index (κ1) is 19.4. The van der Waals surface area contributed by atoms with Crippen LogP contribution < -0.4 is 0 Å². The summed E-state index contributed by atoms with van der Waals surface area (Å²) in [7, 11) is 0. The highest BCUT2D eigenvalue weighted by Crippen LogP contribution is 2.27. The van der Waals surface area contributed by atoms with Crippen LogP contribution in [0, 0.1) is 11.7 Å². The second-order valence-electron chi connectivity index (χ2n) is 6.99. The smallest absolute Gasteiger partial charge is 0.411 e. The lowest BCUT2D eigenvalue weighted by molar-refractivity contribution is -0.00937. The molecule has 0 saturated carbocycles. The van der Waals surface area contributed by atoms with E-state index in [9.17, 15) is 14.3 Å². The molecule has 0 bridgehead atoms. The van der Waals surface area contributed by atoms with Crippen molar-refractivity contribution in [2.75, 3.05) is 6.61 Å². The zero-order chi connectivity index (χ0) is 17.8. The van der Waals surface area contributed by atoms with Crippen molar-refractivity contribution in [3.8, 4) is 0 Å². The number of pyridine rings is 1. The van der Waals surface area contributed by atoms with Crippen molar-refractivity contribution in [2.24, 2.45) is 5.92 Å². The maximum atomic E-state index is 13.5. The van der Waals surface area contributed by atoms with E-state index in [4.69, 9.17) is 4.74 Å². The van der Waals surface area contributed by atoms with E-state index in [0.29, 0.717) is 5.56 Å². The van der Waals surface area contributed by atoms with Crippen LogP contribution in [-0.4, -0.2) is 39.3 Å². The molecule has 130 valence electrons. The monoisotopic (exact) mass is 326 g/mol. The normalized spacial score (nSPS) is 14.5. The van der Waals surface area contributed by atoms with Gasteiger partial charge in [0.05, 0.1) is 24.9 Å². The Balaban J connectivity index is 3.19. The molecule has 0 aromatic carbocycles. The van der Waals surface area contributed by atoms with Crippen molar-refractivity contribution in [2.45, 2.75) is 59.2 Å². The Hall–Kier alpha value is -1.69. The van der Waals surface area contributed by atoms with E-state index < -0.39 is 29.6 Å². The largest absolute Gasteiger partial charge is 0.444 e. The predicted molar refractivity (Wildman–Crippen MR) is 86.4 cm³/mol. The Morgan fingerprint density at radius 2 is 1.96 bits per heavy atom. The lowest BCUT2D eigenvalue weighted by Crippen LogP contribution is -2.48. The molecule has 1 rings (SSSR count). The Kier molecular flexibility index (Phi) is 6.50. The minimum absolute atomic E-state index is 0.0106. The van der Waals surface area contributed by atoms with E-state index in [1.807, 2.05) is 13.8 Å². The molecule has 6 heteroatoms. The molecule has 0 aliphatic rings. The fraction of sp³-hybridized carbons (Fsp3) is 0.647. The van der Waals surface area contributed by atoms with Crippen molar-refractivity contribution in [3.05, 3.63) is 29.8 Å². The molecule has 0 aliphatic heterocycles. The van der Waals surface area contributed by atoms with Gasteiger partial charge in [0.25, 0.3) is 0 Å². The van der Waals surface area contributed by atoms with Crippen LogP contribution in [0.3, 0.4) is 0 Å². The van der Waals surface area contributed by atoms with Gasteiger partial charge in [-0.3, -0.25) is 9.88 Å². The first-order valence-electron chi connectivity index (χ1n) is 7.79. The van der Waals surface area contributed by atoms with Crippen LogP contribution in [0.2, 0.25) is 0 Å². The highest BCUT2D eigenvalue weighted by atomic mass is 19.1. The predicted octanol–water partition coefficient (Wildman–Crippen LogP) is 3.54. The van der Waals surface area contributed by atoms with Crippen LogP contribution in [0.1, 0.15) is 53.1 Å². The number of nitrogens with zero attached hydrogens (tertiary/aromatic N) is 2. The number of rotatable bonds is 5. The van der Waals surface area contributed by atoms with Gasteiger partial charge < -0.3 is 9.84 Å². The SMILES string of the molecule is CC(C)[C@@H](CO)N(C(=O)OC(C)(C)C)C(C)c1cncc(F)c1. The molecule has 0 radical (unpaired) electrons. The summed E-state index contributed by atoms with van der Waals surface area (Å²) >= 11 is 0. The Morgan fingerprint density at radius 1 is 1.35 bits per heavy atom. The summed E-state index contributed by atoms with van der Waals surface area (Å²) in [6, 6.07) is 0.416. The number of aromatic nitrogens is 1. The summed E-state index contributed by atoms with van der Waals surface area (Å²) in [6.07, 6.45) is 2.09. The molecule has 0 spiro atoms. The molecule has 2 atom stereocenters. The second kappa shape index (κ2) is 7.73. The Labute approximate surface area is 137 Å². The van der Waals surface area contributed by atoms with Gasteiger partial charge in [0.1, 0.15) is 11.4 Å². The van der Waals surface area contributed by atoms with Crippen molar-refractivity contribution in [3.63, 3.8) is 0 Å². The fourth-order valence-corrected chi connectivity index (χ4v) is 2.33. The van der Waals surface area contributed by atoms with Crippen molar-refractivity contribution < 1.29 is 19.0 Å². The molecule has 1 N–H and O–H groups in total. The van der Waals surface area contributed by atoms with E-state index in [2.05, 4.69) is 4.98 Å². The maximum absolute atomic E-state index is 13.5. The van der Waals surface area contributed by atoms with Gasteiger partial charge in [-0.2, -0.15) is 0 Å². The standard InChI is InChI=1S/C17H27FN2O3/c1-11(2)15(10-21)20(16(22)23-17(4,5)6)12(3)13-7-14(18)9-19-8-13/h7-9,11-12,15,21H,10H2,1-6H3/t12?,15-/m1/s1. The van der Waals surface area contributed by atoms with Crippen LogP contribution in [0.5, 0.6) is 0 Å². The topological polar surface area (TPSA) is 62.7 Å². The van der Waals surface area contributed by atoms with E-state index >= 15 is 0 Å². The summed E-state index contributed by atoms with van der Waals surface area (Å²) in [5, 5.41) is 9.73. The molecule has 23 heavy (non-hydrogen) atoms. The molecule has 5 nitrogen and oxygen atoms in total. The highest BCUT2D eigenvalue weighted by Gasteiger charge is 2.34. The number of hydrogen-bond acceptors (Lipinski definition) is 4. The lowest BCUT2D eigenvalue weighted by atomic mass is 9.99. The van der Waals surface area contributed by atoms with Gasteiger partial charge in [0.15, 0.2) is 0 Å². The third kappa shape index (κ3) is 5.46. The van der Waals surface area contributed by atoms with E-state index in [0.717, 1.165) is 6.20 Å². The first-order chi connectivity index (χ1) is 10.6. The number of carbonyl (C=O) groups excluding carboxylic acids is 1. The third-order valence-electron chi connectivity index (χ3n) is 3.54. The van der Waals surface area contributed by atoms with Crippen LogP contribution >= 0.6 is 0 Å². The number of amides is 1. The van der Waals surface area contributed by atoms with Gasteiger partial charge in [0, 0.05) is 6.20 Å². The third-order valence-corrected chi connectivity index (χ3v) is 3.54. The van der Waals surface area contributed by atoms with Gasteiger partial charge in [-0.1, -0.05) is 13.8 Å². The molecule has 1 aromatic heterocycles. The molecule has 1 aromatic rings. The summed E-state index contributed by atoms with van der Waals surface area (Å²) in [5.74, 6) is -0.458. The number of aliphatic hydroxyl groups excluding tert-OH is 1. The van der Waals surface area contributed by atoms with Gasteiger partial charge in [0.2, 0.25) is 0 Å². The molecule has 0 aliphatic carbocycles. The molecular formula is C17H27FN2O3. The fourth-order valence-electron chi connectivity index (χ4n) is 2.33. The van der Waals surface area contributed by atoms with E-state index in [1.165, 1.54) is 17.2 Å². The highest BCUT2D eigenvalue weighted by molar-refractivity contribution is 5.69. The quantitative estimate of drug-likeness (QED) is 0.899. The zero-order valence-electron chi connectivity index (χ0n) is 14.7. The average Bonchev–Trinajstić information content (AvgIpc) is 2.41. The minimum Gasteiger partial charge on any atom is -0.444 e. The van der Waals surface area contributed by atoms with Crippen LogP contribution in [-0.2, 0) is 4.74 Å². The van der Waals surface area contributed by atoms with Gasteiger partial charge in [-0.25, -0.2) is 9.18 Å². The Bertz CT molecular complexity index is 529. The molecular weight excluding hydrogens is 299 g/mol. The zero-order valence-corrected chi connectivity index (χ0v) is 14.7. The number of carbonyl (C=O) groups is 1. The van der Waals surface area contributed by atoms with Crippen molar-refractivity contribution >= 4 is 6.09 Å². The molecule has 0 saturated heterocycles. The number of ether oxygens (including phenoxy) is 1. The van der Waals surface area contributed by atoms with Gasteiger partial charge in [-0.15, -0.1) is 0 Å². The Morgan fingerprint density at radius 3 is 2.39 bits per heavy atom. The number of hydrogen-bond donors (Lipinski definition) is 1. The van der Waals surface area contributed by atoms with Crippen LogP contribution in [0.25, 0.3) is 0 Å². The average molecular weight is 326 g/mol. The van der Waals surface area contributed by atoms with Crippen molar-refractivity contribution in [1.82, 2.24) is 9.88 Å². The van der Waals surface area contributed by atoms with E-state index in [1.54, 1.807) is 27.7 Å². The van der Waals surface area contributed by atoms with Gasteiger partial charge in [-0.05, 0) is 45.2 Å². The number of halogens is 1.